The van der Waals surface area contributed by atoms with Crippen molar-refractivity contribution in [3.8, 4) is 5.75 Å². The molecule has 22 heavy (non-hydrogen) atoms. The lowest BCUT2D eigenvalue weighted by atomic mass is 9.95. The van der Waals surface area contributed by atoms with Gasteiger partial charge in [-0.1, -0.05) is 32.9 Å². The van der Waals surface area contributed by atoms with Crippen LogP contribution in [-0.4, -0.2) is 31.6 Å². The summed E-state index contributed by atoms with van der Waals surface area (Å²) in [5.41, 5.74) is 2.29. The van der Waals surface area contributed by atoms with Crippen LogP contribution in [0, 0.1) is 12.8 Å². The molecule has 2 N–H and O–H groups in total. The third-order valence-corrected chi connectivity index (χ3v) is 4.32. The molecule has 0 aromatic heterocycles. The molecule has 0 aliphatic carbocycles. The van der Waals surface area contributed by atoms with Crippen molar-refractivity contribution in [2.75, 3.05) is 19.7 Å². The zero-order valence-corrected chi connectivity index (χ0v) is 14.1. The highest BCUT2D eigenvalue weighted by Gasteiger charge is 2.22. The Morgan fingerprint density at radius 2 is 2.23 bits per heavy atom. The molecule has 2 atom stereocenters. The van der Waals surface area contributed by atoms with Gasteiger partial charge in [0.15, 0.2) is 6.61 Å². The van der Waals surface area contributed by atoms with Crippen LogP contribution in [-0.2, 0) is 4.79 Å². The number of amides is 1. The summed E-state index contributed by atoms with van der Waals surface area (Å²) in [4.78, 5) is 12.1. The maximum Gasteiger partial charge on any atom is 0.258 e. The van der Waals surface area contributed by atoms with E-state index in [0.29, 0.717) is 11.8 Å². The lowest BCUT2D eigenvalue weighted by molar-refractivity contribution is -0.124. The number of aryl methyl sites for hydroxylation is 1. The summed E-state index contributed by atoms with van der Waals surface area (Å²) in [6.07, 6.45) is 1.10. The summed E-state index contributed by atoms with van der Waals surface area (Å²) in [5.74, 6) is 1.66. The fraction of sp³-hybridized carbons (Fsp3) is 0.611. The Kier molecular flexibility index (Phi) is 5.83. The van der Waals surface area contributed by atoms with Gasteiger partial charge in [0.1, 0.15) is 5.75 Å². The first-order valence-corrected chi connectivity index (χ1v) is 8.20. The number of rotatable bonds is 5. The fourth-order valence-electron chi connectivity index (χ4n) is 2.82. The third kappa shape index (κ3) is 4.47. The third-order valence-electron chi connectivity index (χ3n) is 4.32. The van der Waals surface area contributed by atoms with Crippen LogP contribution in [0.1, 0.15) is 44.2 Å². The molecule has 4 nitrogen and oxygen atoms in total. The molecule has 1 aromatic rings. The molecule has 1 aromatic carbocycles. The van der Waals surface area contributed by atoms with Crippen LogP contribution in [0.2, 0.25) is 0 Å². The van der Waals surface area contributed by atoms with E-state index in [-0.39, 0.29) is 18.6 Å². The largest absolute Gasteiger partial charge is 0.483 e. The molecular weight excluding hydrogens is 276 g/mol. The van der Waals surface area contributed by atoms with Crippen LogP contribution in [0.25, 0.3) is 0 Å². The van der Waals surface area contributed by atoms with Crippen LogP contribution < -0.4 is 15.4 Å². The van der Waals surface area contributed by atoms with Crippen LogP contribution in [0.4, 0.5) is 0 Å². The lowest BCUT2D eigenvalue weighted by Gasteiger charge is -2.30. The first-order chi connectivity index (χ1) is 10.5. The number of benzene rings is 1. The monoisotopic (exact) mass is 304 g/mol. The van der Waals surface area contributed by atoms with Crippen molar-refractivity contribution in [1.82, 2.24) is 10.6 Å². The highest BCUT2D eigenvalue weighted by molar-refractivity contribution is 5.78. The number of nitrogens with one attached hydrogen (secondary N) is 2. The minimum absolute atomic E-state index is 0.0447. The topological polar surface area (TPSA) is 50.4 Å². The van der Waals surface area contributed by atoms with Gasteiger partial charge in [-0.3, -0.25) is 4.79 Å². The van der Waals surface area contributed by atoms with Crippen LogP contribution in [0.15, 0.2) is 18.2 Å². The Labute approximate surface area is 133 Å². The van der Waals surface area contributed by atoms with Gasteiger partial charge in [-0.25, -0.2) is 0 Å². The minimum atomic E-state index is -0.0447. The van der Waals surface area contributed by atoms with Gasteiger partial charge in [0.25, 0.3) is 5.91 Å². The quantitative estimate of drug-likeness (QED) is 0.879. The first kappa shape index (κ1) is 16.8. The molecule has 1 saturated heterocycles. The molecule has 2 rings (SSSR count). The van der Waals surface area contributed by atoms with E-state index in [9.17, 15) is 4.79 Å². The second-order valence-electron chi connectivity index (χ2n) is 6.63. The van der Waals surface area contributed by atoms with E-state index < -0.39 is 0 Å². The van der Waals surface area contributed by atoms with E-state index in [1.807, 2.05) is 13.0 Å². The Morgan fingerprint density at radius 3 is 2.91 bits per heavy atom. The normalized spacial score (nSPS) is 21.7. The Bertz CT molecular complexity index is 514. The number of carbonyl (C=O) groups is 1. The van der Waals surface area contributed by atoms with Crippen molar-refractivity contribution in [1.29, 1.82) is 0 Å². The zero-order chi connectivity index (χ0) is 16.1. The van der Waals surface area contributed by atoms with E-state index in [1.54, 1.807) is 0 Å². The molecule has 1 fully saturated rings. The fourth-order valence-corrected chi connectivity index (χ4v) is 2.82. The minimum Gasteiger partial charge on any atom is -0.483 e. The van der Waals surface area contributed by atoms with E-state index >= 15 is 0 Å². The molecule has 0 spiro atoms. The molecule has 2 unspecified atom stereocenters. The van der Waals surface area contributed by atoms with Crippen molar-refractivity contribution in [2.24, 2.45) is 5.92 Å². The molecule has 4 heteroatoms. The molecular formula is C18H28N2O2. The lowest BCUT2D eigenvalue weighted by Crippen LogP contribution is -2.51. The first-order valence-electron chi connectivity index (χ1n) is 8.20. The van der Waals surface area contributed by atoms with Crippen molar-refractivity contribution in [2.45, 2.75) is 46.1 Å². The van der Waals surface area contributed by atoms with Crippen molar-refractivity contribution >= 4 is 5.91 Å². The summed E-state index contributed by atoms with van der Waals surface area (Å²) < 4.78 is 5.79. The van der Waals surface area contributed by atoms with Gasteiger partial charge in [0.05, 0.1) is 0 Å². The number of hydrogen-bond donors (Lipinski definition) is 2. The maximum atomic E-state index is 12.1. The standard InChI is InChI=1S/C18H28N2O2/c1-12(2)15-6-5-13(3)9-17(15)22-11-18(21)20-16-10-19-8-7-14(16)4/h5-6,9,12,14,16,19H,7-8,10-11H2,1-4H3,(H,20,21). The Balaban J connectivity index is 1.92. The molecule has 1 amide bonds. The molecule has 1 heterocycles. The van der Waals surface area contributed by atoms with Crippen molar-refractivity contribution in [3.05, 3.63) is 29.3 Å². The predicted molar refractivity (Wildman–Crippen MR) is 89.3 cm³/mol. The van der Waals surface area contributed by atoms with Gasteiger partial charge >= 0.3 is 0 Å². The molecule has 122 valence electrons. The summed E-state index contributed by atoms with van der Waals surface area (Å²) in [6, 6.07) is 6.37. The number of carbonyl (C=O) groups excluding carboxylic acids is 1. The predicted octanol–water partition coefficient (Wildman–Crippen LogP) is 2.61. The molecule has 0 saturated carbocycles. The van der Waals surface area contributed by atoms with Gasteiger partial charge in [-0.2, -0.15) is 0 Å². The molecule has 0 radical (unpaired) electrons. The summed E-state index contributed by atoms with van der Waals surface area (Å²) in [7, 11) is 0. The van der Waals surface area contributed by atoms with Gasteiger partial charge in [0, 0.05) is 12.6 Å². The number of piperidine rings is 1. The van der Waals surface area contributed by atoms with Gasteiger partial charge in [-0.05, 0) is 48.9 Å². The van der Waals surface area contributed by atoms with E-state index in [2.05, 4.69) is 43.5 Å². The number of ether oxygens (including phenoxy) is 1. The molecule has 1 aliphatic rings. The summed E-state index contributed by atoms with van der Waals surface area (Å²) >= 11 is 0. The SMILES string of the molecule is Cc1ccc(C(C)C)c(OCC(=O)NC2CNCCC2C)c1. The zero-order valence-electron chi connectivity index (χ0n) is 14.1. The average Bonchev–Trinajstić information content (AvgIpc) is 2.47. The highest BCUT2D eigenvalue weighted by Crippen LogP contribution is 2.27. The second kappa shape index (κ2) is 7.63. The second-order valence-corrected chi connectivity index (χ2v) is 6.63. The summed E-state index contributed by atoms with van der Waals surface area (Å²) in [6.45, 7) is 10.4. The van der Waals surface area contributed by atoms with E-state index in [4.69, 9.17) is 4.74 Å². The summed E-state index contributed by atoms with van der Waals surface area (Å²) in [5, 5.41) is 6.40. The van der Waals surface area contributed by atoms with Gasteiger partial charge in [-0.15, -0.1) is 0 Å². The van der Waals surface area contributed by atoms with Crippen LogP contribution in [0.5, 0.6) is 5.75 Å². The van der Waals surface area contributed by atoms with Crippen LogP contribution in [0.3, 0.4) is 0 Å². The highest BCUT2D eigenvalue weighted by atomic mass is 16.5. The molecule has 0 bridgehead atoms. The van der Waals surface area contributed by atoms with Gasteiger partial charge < -0.3 is 15.4 Å². The average molecular weight is 304 g/mol. The smallest absolute Gasteiger partial charge is 0.258 e. The Morgan fingerprint density at radius 1 is 1.45 bits per heavy atom. The Hall–Kier alpha value is -1.55. The molecule has 1 aliphatic heterocycles. The van der Waals surface area contributed by atoms with Crippen LogP contribution >= 0.6 is 0 Å². The van der Waals surface area contributed by atoms with E-state index in [0.717, 1.165) is 36.4 Å². The number of hydrogen-bond acceptors (Lipinski definition) is 3. The maximum absolute atomic E-state index is 12.1. The van der Waals surface area contributed by atoms with Crippen molar-refractivity contribution in [3.63, 3.8) is 0 Å². The van der Waals surface area contributed by atoms with E-state index in [1.165, 1.54) is 0 Å². The van der Waals surface area contributed by atoms with Crippen molar-refractivity contribution < 1.29 is 9.53 Å². The van der Waals surface area contributed by atoms with Gasteiger partial charge in [0.2, 0.25) is 0 Å².